The minimum atomic E-state index is -0.789. The zero-order valence-electron chi connectivity index (χ0n) is 9.36. The van der Waals surface area contributed by atoms with E-state index in [9.17, 15) is 9.59 Å². The topological polar surface area (TPSA) is 72.8 Å². The highest BCUT2D eigenvalue weighted by molar-refractivity contribution is 5.74. The number of methoxy groups -OCH3 is 1. The highest BCUT2D eigenvalue weighted by Crippen LogP contribution is 2.06. The van der Waals surface area contributed by atoms with Crippen molar-refractivity contribution in [3.63, 3.8) is 0 Å². The molecule has 0 spiro atoms. The fourth-order valence-electron chi connectivity index (χ4n) is 0.854. The van der Waals surface area contributed by atoms with Gasteiger partial charge in [-0.1, -0.05) is 13.8 Å². The summed E-state index contributed by atoms with van der Waals surface area (Å²) in [7, 11) is 1.22. The maximum absolute atomic E-state index is 11.2. The zero-order chi connectivity index (χ0) is 11.8. The molecule has 0 aliphatic heterocycles. The number of rotatable bonds is 6. The lowest BCUT2D eigenvalue weighted by atomic mass is 10.1. The van der Waals surface area contributed by atoms with Crippen LogP contribution >= 0.6 is 0 Å². The molecule has 0 fully saturated rings. The largest absolute Gasteiger partial charge is 0.469 e. The number of ether oxygens (including phenoxy) is 2. The van der Waals surface area contributed by atoms with Crippen LogP contribution < -0.4 is 0 Å². The normalized spacial score (nSPS) is 14.1. The van der Waals surface area contributed by atoms with Crippen molar-refractivity contribution in [2.24, 2.45) is 11.8 Å². The molecule has 5 nitrogen and oxygen atoms in total. The maximum Gasteiger partial charge on any atom is 0.314 e. The summed E-state index contributed by atoms with van der Waals surface area (Å²) in [6.45, 7) is 3.09. The van der Waals surface area contributed by atoms with Crippen molar-refractivity contribution in [3.05, 3.63) is 0 Å². The first-order valence-electron chi connectivity index (χ1n) is 4.92. The van der Waals surface area contributed by atoms with Crippen LogP contribution in [0.25, 0.3) is 0 Å². The molecule has 0 saturated heterocycles. The van der Waals surface area contributed by atoms with Gasteiger partial charge < -0.3 is 14.6 Å². The van der Waals surface area contributed by atoms with Gasteiger partial charge in [-0.15, -0.1) is 0 Å². The van der Waals surface area contributed by atoms with Gasteiger partial charge in [0.15, 0.2) is 0 Å². The van der Waals surface area contributed by atoms with Crippen LogP contribution in [-0.2, 0) is 19.1 Å². The van der Waals surface area contributed by atoms with Crippen LogP contribution in [-0.4, -0.2) is 37.4 Å². The minimum absolute atomic E-state index is 0.133. The lowest BCUT2D eigenvalue weighted by molar-refractivity contribution is -0.156. The first-order valence-corrected chi connectivity index (χ1v) is 4.92. The van der Waals surface area contributed by atoms with Crippen LogP contribution in [0.5, 0.6) is 0 Å². The van der Waals surface area contributed by atoms with Gasteiger partial charge in [0, 0.05) is 0 Å². The second-order valence-electron chi connectivity index (χ2n) is 3.34. The second kappa shape index (κ2) is 7.23. The van der Waals surface area contributed by atoms with E-state index in [-0.39, 0.29) is 25.1 Å². The number of hydrogen-bond donors (Lipinski definition) is 1. The number of hydrogen-bond acceptors (Lipinski definition) is 5. The maximum atomic E-state index is 11.2. The van der Waals surface area contributed by atoms with Gasteiger partial charge in [-0.2, -0.15) is 0 Å². The fraction of sp³-hybridized carbons (Fsp3) is 0.800. The molecule has 0 bridgehead atoms. The van der Waals surface area contributed by atoms with E-state index in [0.717, 1.165) is 0 Å². The van der Waals surface area contributed by atoms with Gasteiger partial charge in [0.05, 0.1) is 19.6 Å². The highest BCUT2D eigenvalue weighted by atomic mass is 16.5. The molecule has 0 rings (SSSR count). The molecule has 88 valence electrons. The SMILES string of the molecule is CCC(C)C(=O)OCC(CO)C(=O)OC. The predicted octanol–water partition coefficient (Wildman–Crippen LogP) is 0.357. The molecule has 0 heterocycles. The Hall–Kier alpha value is -1.10. The van der Waals surface area contributed by atoms with E-state index in [4.69, 9.17) is 9.84 Å². The predicted molar refractivity (Wildman–Crippen MR) is 53.0 cm³/mol. The van der Waals surface area contributed by atoms with Crippen LogP contribution in [0.15, 0.2) is 0 Å². The van der Waals surface area contributed by atoms with Crippen molar-refractivity contribution in [3.8, 4) is 0 Å². The van der Waals surface area contributed by atoms with Gasteiger partial charge in [-0.05, 0) is 6.42 Å². The standard InChI is InChI=1S/C10H18O5/c1-4-7(2)9(12)15-6-8(5-11)10(13)14-3/h7-8,11H,4-6H2,1-3H3. The summed E-state index contributed by atoms with van der Waals surface area (Å²) in [4.78, 5) is 22.3. The molecule has 0 aliphatic carbocycles. The van der Waals surface area contributed by atoms with Crippen molar-refractivity contribution in [1.29, 1.82) is 0 Å². The molecule has 0 radical (unpaired) electrons. The third-order valence-corrected chi connectivity index (χ3v) is 2.20. The zero-order valence-corrected chi connectivity index (χ0v) is 9.36. The Labute approximate surface area is 89.4 Å². The van der Waals surface area contributed by atoms with Crippen molar-refractivity contribution in [2.75, 3.05) is 20.3 Å². The Kier molecular flexibility index (Phi) is 6.70. The van der Waals surface area contributed by atoms with E-state index in [0.29, 0.717) is 6.42 Å². The van der Waals surface area contributed by atoms with E-state index >= 15 is 0 Å². The molecule has 0 aromatic rings. The van der Waals surface area contributed by atoms with Gasteiger partial charge in [0.2, 0.25) is 0 Å². The van der Waals surface area contributed by atoms with Gasteiger partial charge in [-0.25, -0.2) is 0 Å². The summed E-state index contributed by atoms with van der Waals surface area (Å²) >= 11 is 0. The van der Waals surface area contributed by atoms with Crippen molar-refractivity contribution in [2.45, 2.75) is 20.3 Å². The molecule has 0 saturated carbocycles. The second-order valence-corrected chi connectivity index (χ2v) is 3.34. The molecule has 5 heteroatoms. The van der Waals surface area contributed by atoms with E-state index < -0.39 is 11.9 Å². The monoisotopic (exact) mass is 218 g/mol. The lowest BCUT2D eigenvalue weighted by Gasteiger charge is -2.14. The summed E-state index contributed by atoms with van der Waals surface area (Å²) in [5.41, 5.74) is 0. The van der Waals surface area contributed by atoms with Crippen molar-refractivity contribution in [1.82, 2.24) is 0 Å². The van der Waals surface area contributed by atoms with Crippen LogP contribution in [0.2, 0.25) is 0 Å². The summed E-state index contributed by atoms with van der Waals surface area (Å²) in [5, 5.41) is 8.84. The van der Waals surface area contributed by atoms with Crippen molar-refractivity contribution >= 4 is 11.9 Å². The number of carbonyl (C=O) groups excluding carboxylic acids is 2. The van der Waals surface area contributed by atoms with Crippen LogP contribution in [0.4, 0.5) is 0 Å². The molecule has 15 heavy (non-hydrogen) atoms. The van der Waals surface area contributed by atoms with Gasteiger partial charge in [0.25, 0.3) is 0 Å². The molecule has 0 amide bonds. The van der Waals surface area contributed by atoms with E-state index in [2.05, 4.69) is 4.74 Å². The highest BCUT2D eigenvalue weighted by Gasteiger charge is 2.21. The van der Waals surface area contributed by atoms with E-state index in [1.165, 1.54) is 7.11 Å². The number of aliphatic hydroxyl groups is 1. The number of esters is 2. The van der Waals surface area contributed by atoms with Gasteiger partial charge >= 0.3 is 11.9 Å². The van der Waals surface area contributed by atoms with Gasteiger partial charge in [-0.3, -0.25) is 9.59 Å². The van der Waals surface area contributed by atoms with Gasteiger partial charge in [0.1, 0.15) is 12.5 Å². The summed E-state index contributed by atoms with van der Waals surface area (Å²) in [6.07, 6.45) is 0.681. The minimum Gasteiger partial charge on any atom is -0.469 e. The molecular weight excluding hydrogens is 200 g/mol. The van der Waals surface area contributed by atoms with E-state index in [1.54, 1.807) is 6.92 Å². The molecule has 0 aliphatic rings. The number of carbonyl (C=O) groups is 2. The van der Waals surface area contributed by atoms with Crippen molar-refractivity contribution < 1.29 is 24.2 Å². The summed E-state index contributed by atoms with van der Waals surface area (Å²) in [6, 6.07) is 0. The third-order valence-electron chi connectivity index (χ3n) is 2.20. The Morgan fingerprint density at radius 2 is 1.93 bits per heavy atom. The smallest absolute Gasteiger partial charge is 0.314 e. The Morgan fingerprint density at radius 3 is 2.33 bits per heavy atom. The molecule has 2 atom stereocenters. The Morgan fingerprint density at radius 1 is 1.33 bits per heavy atom. The average molecular weight is 218 g/mol. The van der Waals surface area contributed by atoms with Crippen LogP contribution in [0.1, 0.15) is 20.3 Å². The molecule has 2 unspecified atom stereocenters. The van der Waals surface area contributed by atoms with Crippen LogP contribution in [0.3, 0.4) is 0 Å². The lowest BCUT2D eigenvalue weighted by Crippen LogP contribution is -2.27. The Bertz CT molecular complexity index is 214. The molecule has 1 N–H and O–H groups in total. The molecule has 0 aromatic carbocycles. The summed E-state index contributed by atoms with van der Waals surface area (Å²) in [5.74, 6) is -1.92. The Balaban J connectivity index is 4.01. The van der Waals surface area contributed by atoms with Crippen LogP contribution in [0, 0.1) is 11.8 Å². The average Bonchev–Trinajstić information content (AvgIpc) is 2.27. The molecular formula is C10H18O5. The molecule has 0 aromatic heterocycles. The quantitative estimate of drug-likeness (QED) is 0.651. The number of aliphatic hydroxyl groups excluding tert-OH is 1. The third kappa shape index (κ3) is 4.78. The van der Waals surface area contributed by atoms with E-state index in [1.807, 2.05) is 6.92 Å². The summed E-state index contributed by atoms with van der Waals surface area (Å²) < 4.78 is 9.30. The fourth-order valence-corrected chi connectivity index (χ4v) is 0.854. The first kappa shape index (κ1) is 13.9. The first-order chi connectivity index (χ1) is 7.06.